The molecule has 126 valence electrons. The van der Waals surface area contributed by atoms with Crippen LogP contribution in [0.25, 0.3) is 21.8 Å². The van der Waals surface area contributed by atoms with Crippen LogP contribution in [0.1, 0.15) is 12.8 Å². The number of para-hydroxylation sites is 2. The molecule has 0 aliphatic heterocycles. The molecule has 0 fully saturated rings. The normalized spacial score (nSPS) is 12.7. The first-order chi connectivity index (χ1) is 11.7. The zero-order chi connectivity index (χ0) is 16.9. The number of nitrogens with two attached hydrogens (primary N) is 1. The zero-order valence-corrected chi connectivity index (χ0v) is 13.5. The number of carbonyl (C=O) groups is 1. The van der Waals surface area contributed by atoms with Crippen molar-refractivity contribution in [3.05, 3.63) is 48.5 Å². The van der Waals surface area contributed by atoms with Gasteiger partial charge in [0.05, 0.1) is 13.1 Å². The van der Waals surface area contributed by atoms with Crippen LogP contribution < -0.4 is 10.4 Å². The molecule has 1 aromatic heterocycles. The Hall–Kier alpha value is -2.37. The fraction of sp³-hybridized carbons (Fsp3) is 0.316. The van der Waals surface area contributed by atoms with E-state index in [4.69, 9.17) is 0 Å². The number of hydrogen-bond donors (Lipinski definition) is 2. The number of carboxylic acid groups (broad SMARTS) is 1. The van der Waals surface area contributed by atoms with Gasteiger partial charge in [-0.05, 0) is 18.6 Å². The topological polar surface area (TPSA) is 81.9 Å². The van der Waals surface area contributed by atoms with E-state index in [2.05, 4.69) is 28.8 Å². The van der Waals surface area contributed by atoms with Crippen molar-refractivity contribution in [2.45, 2.75) is 25.5 Å². The van der Waals surface area contributed by atoms with Gasteiger partial charge in [0.1, 0.15) is 12.6 Å². The number of benzene rings is 2. The Labute approximate surface area is 140 Å². The van der Waals surface area contributed by atoms with Crippen LogP contribution in [0.3, 0.4) is 0 Å². The molecule has 0 spiro atoms. The van der Waals surface area contributed by atoms with Crippen LogP contribution in [-0.2, 0) is 11.3 Å². The van der Waals surface area contributed by atoms with Crippen molar-refractivity contribution in [1.29, 1.82) is 0 Å². The molecule has 0 aliphatic carbocycles. The van der Waals surface area contributed by atoms with Crippen molar-refractivity contribution in [1.82, 2.24) is 4.57 Å². The van der Waals surface area contributed by atoms with Crippen LogP contribution >= 0.6 is 0 Å². The molecule has 0 amide bonds. The third-order valence-corrected chi connectivity index (χ3v) is 4.30. The second-order valence-corrected chi connectivity index (χ2v) is 6.09. The molecule has 1 heterocycles. The van der Waals surface area contributed by atoms with E-state index < -0.39 is 12.1 Å². The van der Waals surface area contributed by atoms with Crippen LogP contribution in [0.4, 0.5) is 0 Å². The van der Waals surface area contributed by atoms with Gasteiger partial charge in [-0.15, -0.1) is 0 Å². The highest BCUT2D eigenvalue weighted by Gasteiger charge is 2.14. The number of aromatic nitrogens is 1. The molecule has 0 bridgehead atoms. The summed E-state index contributed by atoms with van der Waals surface area (Å²) in [7, 11) is 0. The monoisotopic (exact) mass is 326 g/mol. The van der Waals surface area contributed by atoms with E-state index in [1.807, 2.05) is 29.6 Å². The predicted molar refractivity (Wildman–Crippen MR) is 91.4 cm³/mol. The Balaban J connectivity index is 1.71. The Kier molecular flexibility index (Phi) is 5.13. The average molecular weight is 326 g/mol. The van der Waals surface area contributed by atoms with Gasteiger partial charge >= 0.3 is 0 Å². The molecule has 2 aromatic carbocycles. The smallest absolute Gasteiger partial charge is 0.121 e. The van der Waals surface area contributed by atoms with E-state index in [1.54, 1.807) is 0 Å². The number of quaternary nitrogens is 1. The lowest BCUT2D eigenvalue weighted by Gasteiger charge is -2.13. The average Bonchev–Trinajstić information content (AvgIpc) is 2.89. The van der Waals surface area contributed by atoms with Crippen LogP contribution in [0.15, 0.2) is 48.5 Å². The van der Waals surface area contributed by atoms with Crippen molar-refractivity contribution in [2.75, 3.05) is 13.1 Å². The molecule has 0 saturated heterocycles. The van der Waals surface area contributed by atoms with Crippen molar-refractivity contribution in [3.63, 3.8) is 0 Å². The molecule has 0 aliphatic rings. The number of nitrogens with zero attached hydrogens (tertiary/aromatic N) is 1. The van der Waals surface area contributed by atoms with E-state index in [0.717, 1.165) is 11.0 Å². The van der Waals surface area contributed by atoms with Gasteiger partial charge in [-0.2, -0.15) is 0 Å². The third kappa shape index (κ3) is 3.58. The molecule has 3 aromatic rings. The lowest BCUT2D eigenvalue weighted by molar-refractivity contribution is -0.661. The van der Waals surface area contributed by atoms with E-state index in [1.165, 1.54) is 10.8 Å². The minimum atomic E-state index is -1.02. The summed E-state index contributed by atoms with van der Waals surface area (Å²) in [5.41, 5.74) is 2.24. The molecule has 0 radical (unpaired) electrons. The second-order valence-electron chi connectivity index (χ2n) is 6.09. The first kappa shape index (κ1) is 16.5. The highest BCUT2D eigenvalue weighted by Crippen LogP contribution is 2.28. The Bertz CT molecular complexity index is 788. The number of aliphatic hydroxyl groups excluding tert-OH is 1. The number of rotatable bonds is 8. The van der Waals surface area contributed by atoms with Gasteiger partial charge in [0.2, 0.25) is 0 Å². The van der Waals surface area contributed by atoms with Crippen molar-refractivity contribution < 1.29 is 20.3 Å². The van der Waals surface area contributed by atoms with Crippen LogP contribution in [-0.4, -0.2) is 34.8 Å². The lowest BCUT2D eigenvalue weighted by Crippen LogP contribution is -2.86. The van der Waals surface area contributed by atoms with Gasteiger partial charge in [-0.3, -0.25) is 0 Å². The SMILES string of the molecule is O=C([O-])CCC[NH2+]C[C@H](O)Cn1c2ccccc2c2ccccc21. The standard InChI is InChI=1S/C19H22N2O3/c22-14(12-20-11-5-10-19(23)24)13-21-17-8-3-1-6-15(17)16-7-2-4-9-18(16)21/h1-4,6-9,14,20,22H,5,10-13H2,(H,23,24)/t14-/m0/s1. The molecule has 5 heteroatoms. The minimum absolute atomic E-state index is 0.0689. The number of aliphatic carboxylic acids is 1. The van der Waals surface area contributed by atoms with Crippen molar-refractivity contribution in [2.24, 2.45) is 0 Å². The maximum Gasteiger partial charge on any atom is 0.121 e. The largest absolute Gasteiger partial charge is 0.550 e. The van der Waals surface area contributed by atoms with Crippen LogP contribution in [0.5, 0.6) is 0 Å². The number of hydrogen-bond acceptors (Lipinski definition) is 3. The summed E-state index contributed by atoms with van der Waals surface area (Å²) < 4.78 is 2.16. The van der Waals surface area contributed by atoms with E-state index >= 15 is 0 Å². The summed E-state index contributed by atoms with van der Waals surface area (Å²) in [4.78, 5) is 10.4. The summed E-state index contributed by atoms with van der Waals surface area (Å²) in [5, 5.41) is 25.1. The molecule has 0 unspecified atom stereocenters. The van der Waals surface area contributed by atoms with E-state index in [9.17, 15) is 15.0 Å². The summed E-state index contributed by atoms with van der Waals surface area (Å²) in [5.74, 6) is -1.02. The maximum absolute atomic E-state index is 10.4. The number of fused-ring (bicyclic) bond motifs is 3. The van der Waals surface area contributed by atoms with Gasteiger partial charge in [0, 0.05) is 34.2 Å². The number of aliphatic hydroxyl groups is 1. The summed E-state index contributed by atoms with van der Waals surface area (Å²) in [6.45, 7) is 1.75. The number of carbonyl (C=O) groups excluding carboxylic acids is 1. The van der Waals surface area contributed by atoms with Crippen LogP contribution in [0, 0.1) is 0 Å². The fourth-order valence-electron chi connectivity index (χ4n) is 3.19. The Morgan fingerprint density at radius 1 is 1.08 bits per heavy atom. The third-order valence-electron chi connectivity index (χ3n) is 4.30. The minimum Gasteiger partial charge on any atom is -0.550 e. The fourth-order valence-corrected chi connectivity index (χ4v) is 3.19. The molecule has 24 heavy (non-hydrogen) atoms. The molecular formula is C19H22N2O3. The van der Waals surface area contributed by atoms with Crippen LogP contribution in [0.2, 0.25) is 0 Å². The summed E-state index contributed by atoms with van der Waals surface area (Å²) in [6, 6.07) is 16.4. The summed E-state index contributed by atoms with van der Waals surface area (Å²) in [6.07, 6.45) is 0.136. The first-order valence-corrected chi connectivity index (χ1v) is 8.32. The molecular weight excluding hydrogens is 304 g/mol. The molecule has 1 atom stereocenters. The van der Waals surface area contributed by atoms with Crippen molar-refractivity contribution in [3.8, 4) is 0 Å². The van der Waals surface area contributed by atoms with Gasteiger partial charge in [-0.1, -0.05) is 36.4 Å². The highest BCUT2D eigenvalue weighted by atomic mass is 16.4. The van der Waals surface area contributed by atoms with Crippen molar-refractivity contribution >= 4 is 27.8 Å². The predicted octanol–water partition coefficient (Wildman–Crippen LogP) is 0.249. The van der Waals surface area contributed by atoms with Gasteiger partial charge < -0.3 is 24.9 Å². The maximum atomic E-state index is 10.4. The number of carboxylic acids is 1. The van der Waals surface area contributed by atoms with E-state index in [0.29, 0.717) is 26.1 Å². The van der Waals surface area contributed by atoms with Gasteiger partial charge in [0.15, 0.2) is 0 Å². The highest BCUT2D eigenvalue weighted by molar-refractivity contribution is 6.07. The Morgan fingerprint density at radius 3 is 2.25 bits per heavy atom. The molecule has 5 nitrogen and oxygen atoms in total. The second kappa shape index (κ2) is 7.47. The van der Waals surface area contributed by atoms with E-state index in [-0.39, 0.29) is 6.42 Å². The zero-order valence-electron chi connectivity index (χ0n) is 13.5. The Morgan fingerprint density at radius 2 is 1.67 bits per heavy atom. The molecule has 3 rings (SSSR count). The van der Waals surface area contributed by atoms with Gasteiger partial charge in [-0.25, -0.2) is 0 Å². The quantitative estimate of drug-likeness (QED) is 0.582. The molecule has 3 N–H and O–H groups in total. The van der Waals surface area contributed by atoms with Gasteiger partial charge in [0.25, 0.3) is 0 Å². The molecule has 0 saturated carbocycles. The lowest BCUT2D eigenvalue weighted by atomic mass is 10.2. The first-order valence-electron chi connectivity index (χ1n) is 8.32. The summed E-state index contributed by atoms with van der Waals surface area (Å²) >= 11 is 0.